The molecule has 0 aliphatic rings. The number of aromatic nitrogens is 3. The third-order valence-corrected chi connectivity index (χ3v) is 2.03. The van der Waals surface area contributed by atoms with E-state index in [0.717, 1.165) is 31.0 Å². The van der Waals surface area contributed by atoms with E-state index in [1.54, 1.807) is 0 Å². The van der Waals surface area contributed by atoms with Gasteiger partial charge in [0.15, 0.2) is 0 Å². The third kappa shape index (κ3) is 2.81. The lowest BCUT2D eigenvalue weighted by molar-refractivity contribution is 0.472. The monoisotopic (exact) mass is 182 g/mol. The largest absolute Gasteiger partial charge is 0.326 e. The van der Waals surface area contributed by atoms with Gasteiger partial charge in [0, 0.05) is 6.04 Å². The fourth-order valence-corrected chi connectivity index (χ4v) is 1.42. The SMILES string of the molecule is CCCC(N)Cn1nc(C)nc1C. The Balaban J connectivity index is 2.57. The summed E-state index contributed by atoms with van der Waals surface area (Å²) in [6.45, 7) is 6.77. The van der Waals surface area contributed by atoms with Gasteiger partial charge in [0.2, 0.25) is 0 Å². The molecule has 4 heteroatoms. The van der Waals surface area contributed by atoms with Crippen molar-refractivity contribution in [3.05, 3.63) is 11.6 Å². The second-order valence-corrected chi connectivity index (χ2v) is 3.44. The van der Waals surface area contributed by atoms with Gasteiger partial charge in [0.25, 0.3) is 0 Å². The van der Waals surface area contributed by atoms with Crippen LogP contribution in [0.1, 0.15) is 31.4 Å². The Bertz CT molecular complexity index is 267. The smallest absolute Gasteiger partial charge is 0.147 e. The molecule has 0 aromatic carbocycles. The lowest BCUT2D eigenvalue weighted by Crippen LogP contribution is -2.27. The van der Waals surface area contributed by atoms with Crippen LogP contribution >= 0.6 is 0 Å². The zero-order chi connectivity index (χ0) is 9.84. The first-order chi connectivity index (χ1) is 6.13. The molecule has 1 rings (SSSR count). The summed E-state index contributed by atoms with van der Waals surface area (Å²) in [4.78, 5) is 4.22. The molecular formula is C9H18N4. The first-order valence-corrected chi connectivity index (χ1v) is 4.77. The molecule has 0 fully saturated rings. The summed E-state index contributed by atoms with van der Waals surface area (Å²) >= 11 is 0. The highest BCUT2D eigenvalue weighted by molar-refractivity contribution is 4.88. The maximum absolute atomic E-state index is 5.91. The van der Waals surface area contributed by atoms with Crippen LogP contribution in [-0.2, 0) is 6.54 Å². The number of hydrogen-bond donors (Lipinski definition) is 1. The maximum Gasteiger partial charge on any atom is 0.147 e. The molecule has 0 aliphatic heterocycles. The molecule has 0 aliphatic carbocycles. The second-order valence-electron chi connectivity index (χ2n) is 3.44. The van der Waals surface area contributed by atoms with Gasteiger partial charge in [-0.05, 0) is 20.3 Å². The van der Waals surface area contributed by atoms with Crippen LogP contribution in [0.2, 0.25) is 0 Å². The minimum atomic E-state index is 0.199. The maximum atomic E-state index is 5.91. The molecule has 2 N–H and O–H groups in total. The Morgan fingerprint density at radius 1 is 1.46 bits per heavy atom. The molecule has 13 heavy (non-hydrogen) atoms. The Hall–Kier alpha value is -0.900. The van der Waals surface area contributed by atoms with Crippen LogP contribution in [0.15, 0.2) is 0 Å². The zero-order valence-corrected chi connectivity index (χ0v) is 8.62. The fraction of sp³-hybridized carbons (Fsp3) is 0.778. The van der Waals surface area contributed by atoms with Crippen molar-refractivity contribution in [2.24, 2.45) is 5.73 Å². The minimum Gasteiger partial charge on any atom is -0.326 e. The quantitative estimate of drug-likeness (QED) is 0.756. The predicted octanol–water partition coefficient (Wildman–Crippen LogP) is 1.02. The summed E-state index contributed by atoms with van der Waals surface area (Å²) in [5.74, 6) is 1.77. The van der Waals surface area contributed by atoms with Crippen LogP contribution < -0.4 is 5.73 Å². The van der Waals surface area contributed by atoms with E-state index in [-0.39, 0.29) is 6.04 Å². The van der Waals surface area contributed by atoms with Gasteiger partial charge in [-0.25, -0.2) is 9.67 Å². The second kappa shape index (κ2) is 4.37. The van der Waals surface area contributed by atoms with Gasteiger partial charge in [0.05, 0.1) is 6.54 Å². The van der Waals surface area contributed by atoms with Gasteiger partial charge in [-0.3, -0.25) is 0 Å². The molecule has 0 saturated heterocycles. The molecule has 1 aromatic rings. The Kier molecular flexibility index (Phi) is 3.42. The normalized spacial score (nSPS) is 13.2. The van der Waals surface area contributed by atoms with Crippen molar-refractivity contribution in [3.63, 3.8) is 0 Å². The van der Waals surface area contributed by atoms with Crippen molar-refractivity contribution in [3.8, 4) is 0 Å². The van der Waals surface area contributed by atoms with E-state index in [2.05, 4.69) is 17.0 Å². The van der Waals surface area contributed by atoms with Crippen molar-refractivity contribution in [1.29, 1.82) is 0 Å². The van der Waals surface area contributed by atoms with Crippen LogP contribution in [0.3, 0.4) is 0 Å². The molecule has 0 amide bonds. The van der Waals surface area contributed by atoms with Crippen LogP contribution in [0.5, 0.6) is 0 Å². The van der Waals surface area contributed by atoms with Crippen LogP contribution in [0.25, 0.3) is 0 Å². The van der Waals surface area contributed by atoms with Crippen LogP contribution in [0, 0.1) is 13.8 Å². The van der Waals surface area contributed by atoms with E-state index in [9.17, 15) is 0 Å². The van der Waals surface area contributed by atoms with E-state index in [0.29, 0.717) is 0 Å². The first-order valence-electron chi connectivity index (χ1n) is 4.77. The molecule has 1 heterocycles. The average Bonchev–Trinajstić information content (AvgIpc) is 2.30. The van der Waals surface area contributed by atoms with E-state index in [1.807, 2.05) is 18.5 Å². The molecule has 0 saturated carbocycles. The van der Waals surface area contributed by atoms with Crippen molar-refractivity contribution in [1.82, 2.24) is 14.8 Å². The minimum absolute atomic E-state index is 0.199. The predicted molar refractivity (Wildman–Crippen MR) is 52.4 cm³/mol. The summed E-state index contributed by atoms with van der Waals surface area (Å²) in [5, 5.41) is 4.26. The fourth-order valence-electron chi connectivity index (χ4n) is 1.42. The number of aryl methyl sites for hydroxylation is 2. The van der Waals surface area contributed by atoms with Crippen molar-refractivity contribution in [2.45, 2.75) is 46.2 Å². The Morgan fingerprint density at radius 2 is 2.15 bits per heavy atom. The lowest BCUT2D eigenvalue weighted by Gasteiger charge is -2.10. The summed E-state index contributed by atoms with van der Waals surface area (Å²) in [6, 6.07) is 0.199. The first kappa shape index (κ1) is 10.2. The highest BCUT2D eigenvalue weighted by Gasteiger charge is 2.06. The van der Waals surface area contributed by atoms with Gasteiger partial charge in [-0.1, -0.05) is 13.3 Å². The number of nitrogens with zero attached hydrogens (tertiary/aromatic N) is 3. The molecular weight excluding hydrogens is 164 g/mol. The molecule has 74 valence electrons. The molecule has 1 aromatic heterocycles. The summed E-state index contributed by atoms with van der Waals surface area (Å²) in [6.07, 6.45) is 2.16. The van der Waals surface area contributed by atoms with Gasteiger partial charge in [-0.15, -0.1) is 0 Å². The number of rotatable bonds is 4. The standard InChI is InChI=1S/C9H18N4/c1-4-5-9(10)6-13-8(3)11-7(2)12-13/h9H,4-6,10H2,1-3H3. The number of nitrogens with two attached hydrogens (primary N) is 1. The van der Waals surface area contributed by atoms with Crippen LogP contribution in [-0.4, -0.2) is 20.8 Å². The molecule has 0 spiro atoms. The van der Waals surface area contributed by atoms with E-state index in [1.165, 1.54) is 0 Å². The van der Waals surface area contributed by atoms with E-state index >= 15 is 0 Å². The van der Waals surface area contributed by atoms with E-state index in [4.69, 9.17) is 5.73 Å². The Morgan fingerprint density at radius 3 is 2.62 bits per heavy atom. The van der Waals surface area contributed by atoms with Crippen LogP contribution in [0.4, 0.5) is 0 Å². The van der Waals surface area contributed by atoms with Crippen molar-refractivity contribution < 1.29 is 0 Å². The van der Waals surface area contributed by atoms with Crippen molar-refractivity contribution >= 4 is 0 Å². The van der Waals surface area contributed by atoms with Crippen molar-refractivity contribution in [2.75, 3.05) is 0 Å². The summed E-state index contributed by atoms with van der Waals surface area (Å²) < 4.78 is 1.88. The molecule has 1 unspecified atom stereocenters. The number of hydrogen-bond acceptors (Lipinski definition) is 3. The summed E-state index contributed by atoms with van der Waals surface area (Å²) in [5.41, 5.74) is 5.91. The van der Waals surface area contributed by atoms with Gasteiger partial charge >= 0.3 is 0 Å². The zero-order valence-electron chi connectivity index (χ0n) is 8.62. The van der Waals surface area contributed by atoms with E-state index < -0.39 is 0 Å². The molecule has 0 radical (unpaired) electrons. The third-order valence-electron chi connectivity index (χ3n) is 2.03. The topological polar surface area (TPSA) is 56.7 Å². The average molecular weight is 182 g/mol. The molecule has 4 nitrogen and oxygen atoms in total. The molecule has 1 atom stereocenters. The van der Waals surface area contributed by atoms with Gasteiger partial charge < -0.3 is 5.73 Å². The van der Waals surface area contributed by atoms with Gasteiger partial charge in [-0.2, -0.15) is 5.10 Å². The highest BCUT2D eigenvalue weighted by Crippen LogP contribution is 2.00. The lowest BCUT2D eigenvalue weighted by atomic mass is 10.2. The Labute approximate surface area is 79.2 Å². The van der Waals surface area contributed by atoms with Gasteiger partial charge in [0.1, 0.15) is 11.6 Å². The highest BCUT2D eigenvalue weighted by atomic mass is 15.3. The summed E-state index contributed by atoms with van der Waals surface area (Å²) in [7, 11) is 0. The molecule has 0 bridgehead atoms.